The molecule has 0 radical (unpaired) electrons. The van der Waals surface area contributed by atoms with E-state index in [9.17, 15) is 8.42 Å². The third-order valence-electron chi connectivity index (χ3n) is 3.55. The summed E-state index contributed by atoms with van der Waals surface area (Å²) in [5.41, 5.74) is 0.524. The molecule has 0 atom stereocenters. The van der Waals surface area contributed by atoms with Crippen LogP contribution in [0.1, 0.15) is 12.8 Å². The molecule has 0 spiro atoms. The van der Waals surface area contributed by atoms with Crippen LogP contribution in [0.15, 0.2) is 41.4 Å². The number of aromatic nitrogens is 1. The van der Waals surface area contributed by atoms with Crippen molar-refractivity contribution in [2.24, 2.45) is 0 Å². The monoisotopic (exact) mass is 291 g/mol. The zero-order valence-electron chi connectivity index (χ0n) is 11.0. The molecule has 0 aliphatic carbocycles. The Bertz CT molecular complexity index is 704. The number of fused-ring (bicyclic) bond motifs is 1. The van der Waals surface area contributed by atoms with E-state index in [0.717, 1.165) is 31.3 Å². The van der Waals surface area contributed by atoms with Gasteiger partial charge in [0.25, 0.3) is 0 Å². The van der Waals surface area contributed by atoms with E-state index in [1.165, 1.54) is 0 Å². The standard InChI is InChI=1S/C14H17N3O2S/c18-20(19,17-12-6-9-15-10-7-12)13-5-1-3-11-4-2-8-16-14(11)13/h1-5,8,12,15,17H,6-7,9-10H2. The Morgan fingerprint density at radius 2 is 1.90 bits per heavy atom. The van der Waals surface area contributed by atoms with Crippen molar-refractivity contribution in [2.75, 3.05) is 13.1 Å². The van der Waals surface area contributed by atoms with Crippen LogP contribution in [0, 0.1) is 0 Å². The van der Waals surface area contributed by atoms with Gasteiger partial charge < -0.3 is 5.32 Å². The molecular formula is C14H17N3O2S. The van der Waals surface area contributed by atoms with Gasteiger partial charge in [-0.15, -0.1) is 0 Å². The molecule has 2 aromatic rings. The highest BCUT2D eigenvalue weighted by atomic mass is 32.2. The molecule has 1 aliphatic rings. The number of pyridine rings is 1. The van der Waals surface area contributed by atoms with Crippen molar-refractivity contribution in [3.05, 3.63) is 36.5 Å². The first-order valence-electron chi connectivity index (χ1n) is 6.74. The summed E-state index contributed by atoms with van der Waals surface area (Å²) in [5, 5.41) is 4.06. The predicted octanol–water partition coefficient (Wildman–Crippen LogP) is 1.27. The summed E-state index contributed by atoms with van der Waals surface area (Å²) in [6.07, 6.45) is 3.25. The predicted molar refractivity (Wildman–Crippen MR) is 78.0 cm³/mol. The normalized spacial score (nSPS) is 17.4. The zero-order valence-corrected chi connectivity index (χ0v) is 11.9. The quantitative estimate of drug-likeness (QED) is 0.893. The van der Waals surface area contributed by atoms with Crippen LogP contribution in [0.3, 0.4) is 0 Å². The van der Waals surface area contributed by atoms with Gasteiger partial charge >= 0.3 is 0 Å². The number of piperidine rings is 1. The molecule has 1 aromatic heterocycles. The molecule has 1 aliphatic heterocycles. The van der Waals surface area contributed by atoms with Crippen molar-refractivity contribution in [1.29, 1.82) is 0 Å². The number of hydrogen-bond acceptors (Lipinski definition) is 4. The molecule has 20 heavy (non-hydrogen) atoms. The van der Waals surface area contributed by atoms with E-state index in [2.05, 4.69) is 15.0 Å². The van der Waals surface area contributed by atoms with Gasteiger partial charge in [0.2, 0.25) is 10.0 Å². The fourth-order valence-corrected chi connectivity index (χ4v) is 4.00. The molecule has 106 valence electrons. The second-order valence-corrected chi connectivity index (χ2v) is 6.66. The highest BCUT2D eigenvalue weighted by molar-refractivity contribution is 7.89. The molecule has 6 heteroatoms. The first kappa shape index (κ1) is 13.5. The summed E-state index contributed by atoms with van der Waals surface area (Å²) in [4.78, 5) is 4.47. The second kappa shape index (κ2) is 5.47. The van der Waals surface area contributed by atoms with Crippen molar-refractivity contribution >= 4 is 20.9 Å². The van der Waals surface area contributed by atoms with E-state index in [4.69, 9.17) is 0 Å². The van der Waals surface area contributed by atoms with Crippen LogP contribution in [0.5, 0.6) is 0 Å². The largest absolute Gasteiger partial charge is 0.317 e. The third kappa shape index (κ3) is 2.67. The van der Waals surface area contributed by atoms with Crippen molar-refractivity contribution in [3.63, 3.8) is 0 Å². The number of benzene rings is 1. The van der Waals surface area contributed by atoms with Crippen LogP contribution in [0.2, 0.25) is 0 Å². The molecule has 1 saturated heterocycles. The fraction of sp³-hybridized carbons (Fsp3) is 0.357. The molecule has 5 nitrogen and oxygen atoms in total. The lowest BCUT2D eigenvalue weighted by atomic mass is 10.1. The van der Waals surface area contributed by atoms with Crippen molar-refractivity contribution in [2.45, 2.75) is 23.8 Å². The van der Waals surface area contributed by atoms with E-state index < -0.39 is 10.0 Å². The zero-order chi connectivity index (χ0) is 14.0. The van der Waals surface area contributed by atoms with Gasteiger partial charge in [-0.25, -0.2) is 13.1 Å². The van der Waals surface area contributed by atoms with Crippen LogP contribution in [-0.2, 0) is 10.0 Å². The van der Waals surface area contributed by atoms with Crippen LogP contribution in [0.4, 0.5) is 0 Å². The highest BCUT2D eigenvalue weighted by Crippen LogP contribution is 2.21. The average molecular weight is 291 g/mol. The average Bonchev–Trinajstić information content (AvgIpc) is 2.47. The summed E-state index contributed by atoms with van der Waals surface area (Å²) >= 11 is 0. The number of rotatable bonds is 3. The SMILES string of the molecule is O=S(=O)(NC1CCNCC1)c1cccc2cccnc12. The lowest BCUT2D eigenvalue weighted by Gasteiger charge is -2.23. The lowest BCUT2D eigenvalue weighted by Crippen LogP contribution is -2.42. The summed E-state index contributed by atoms with van der Waals surface area (Å²) in [5.74, 6) is 0. The number of sulfonamides is 1. The maximum Gasteiger partial charge on any atom is 0.242 e. The Labute approximate surface area is 118 Å². The first-order valence-corrected chi connectivity index (χ1v) is 8.22. The van der Waals surface area contributed by atoms with Gasteiger partial charge in [0.1, 0.15) is 4.90 Å². The maximum absolute atomic E-state index is 12.5. The van der Waals surface area contributed by atoms with Crippen molar-refractivity contribution in [1.82, 2.24) is 15.0 Å². The first-order chi connectivity index (χ1) is 9.67. The molecule has 0 saturated carbocycles. The molecule has 2 N–H and O–H groups in total. The fourth-order valence-electron chi connectivity index (χ4n) is 2.52. The van der Waals surface area contributed by atoms with Crippen LogP contribution >= 0.6 is 0 Å². The summed E-state index contributed by atoms with van der Waals surface area (Å²) in [6, 6.07) is 8.90. The molecular weight excluding hydrogens is 274 g/mol. The molecule has 1 aromatic carbocycles. The van der Waals surface area contributed by atoms with Gasteiger partial charge in [0.05, 0.1) is 5.52 Å². The number of nitrogens with one attached hydrogen (secondary N) is 2. The second-order valence-electron chi connectivity index (χ2n) is 4.98. The maximum atomic E-state index is 12.5. The van der Waals surface area contributed by atoms with Crippen LogP contribution in [0.25, 0.3) is 10.9 Å². The number of hydrogen-bond donors (Lipinski definition) is 2. The minimum absolute atomic E-state index is 0.000202. The van der Waals surface area contributed by atoms with Crippen LogP contribution < -0.4 is 10.0 Å². The summed E-state index contributed by atoms with van der Waals surface area (Å²) < 4.78 is 27.9. The Hall–Kier alpha value is -1.50. The molecule has 1 fully saturated rings. The van der Waals surface area contributed by atoms with E-state index in [1.54, 1.807) is 24.4 Å². The molecule has 2 heterocycles. The van der Waals surface area contributed by atoms with Gasteiger partial charge in [-0.3, -0.25) is 4.98 Å². The number of para-hydroxylation sites is 1. The van der Waals surface area contributed by atoms with Crippen molar-refractivity contribution in [3.8, 4) is 0 Å². The molecule has 0 amide bonds. The lowest BCUT2D eigenvalue weighted by molar-refractivity contribution is 0.427. The van der Waals surface area contributed by atoms with Crippen LogP contribution in [-0.4, -0.2) is 32.5 Å². The Kier molecular flexibility index (Phi) is 3.69. The van der Waals surface area contributed by atoms with Gasteiger partial charge in [-0.2, -0.15) is 0 Å². The molecule has 0 bridgehead atoms. The van der Waals surface area contributed by atoms with Gasteiger partial charge in [0.15, 0.2) is 0 Å². The van der Waals surface area contributed by atoms with E-state index in [1.807, 2.05) is 12.1 Å². The van der Waals surface area contributed by atoms with Crippen molar-refractivity contribution < 1.29 is 8.42 Å². The summed E-state index contributed by atoms with van der Waals surface area (Å²) in [6.45, 7) is 1.70. The smallest absolute Gasteiger partial charge is 0.242 e. The third-order valence-corrected chi connectivity index (χ3v) is 5.10. The molecule has 0 unspecified atom stereocenters. The van der Waals surface area contributed by atoms with E-state index in [0.29, 0.717) is 5.52 Å². The Morgan fingerprint density at radius 3 is 2.70 bits per heavy atom. The van der Waals surface area contributed by atoms with Gasteiger partial charge in [0, 0.05) is 17.6 Å². The topological polar surface area (TPSA) is 71.1 Å². The minimum Gasteiger partial charge on any atom is -0.317 e. The van der Waals surface area contributed by atoms with Gasteiger partial charge in [-0.1, -0.05) is 18.2 Å². The number of nitrogens with zero attached hydrogens (tertiary/aromatic N) is 1. The van der Waals surface area contributed by atoms with E-state index >= 15 is 0 Å². The van der Waals surface area contributed by atoms with Gasteiger partial charge in [-0.05, 0) is 38.1 Å². The Balaban J connectivity index is 1.96. The van der Waals surface area contributed by atoms with E-state index in [-0.39, 0.29) is 10.9 Å². The molecule has 3 rings (SSSR count). The summed E-state index contributed by atoms with van der Waals surface area (Å²) in [7, 11) is -3.53. The minimum atomic E-state index is -3.53. The Morgan fingerprint density at radius 1 is 1.15 bits per heavy atom. The highest BCUT2D eigenvalue weighted by Gasteiger charge is 2.23.